The van der Waals surface area contributed by atoms with Gasteiger partial charge in [-0.2, -0.15) is 0 Å². The lowest BCUT2D eigenvalue weighted by molar-refractivity contribution is 0.117. The summed E-state index contributed by atoms with van der Waals surface area (Å²) < 4.78 is 23.4. The molecule has 0 radical (unpaired) electrons. The molecule has 0 saturated carbocycles. The van der Waals surface area contributed by atoms with Crippen LogP contribution in [0.5, 0.6) is 0 Å². The maximum atomic E-state index is 12.1. The van der Waals surface area contributed by atoms with E-state index in [0.29, 0.717) is 25.6 Å². The largest absolute Gasteiger partial charge is 0.396 e. The van der Waals surface area contributed by atoms with Crippen LogP contribution in [0.4, 0.5) is 0 Å². The van der Waals surface area contributed by atoms with Crippen LogP contribution in [0, 0.1) is 5.41 Å². The van der Waals surface area contributed by atoms with Crippen LogP contribution in [0.1, 0.15) is 40.5 Å². The molecule has 138 valence electrons. The van der Waals surface area contributed by atoms with E-state index in [1.54, 1.807) is 20.9 Å². The first-order chi connectivity index (χ1) is 10.2. The molecule has 1 fully saturated rings. The van der Waals surface area contributed by atoms with Crippen LogP contribution in [0.25, 0.3) is 0 Å². The van der Waals surface area contributed by atoms with Gasteiger partial charge in [0.15, 0.2) is 15.8 Å². The highest BCUT2D eigenvalue weighted by Gasteiger charge is 2.41. The number of halogens is 1. The van der Waals surface area contributed by atoms with E-state index in [0.717, 1.165) is 12.8 Å². The Hall–Kier alpha value is -0.0900. The van der Waals surface area contributed by atoms with E-state index in [2.05, 4.69) is 24.2 Å². The van der Waals surface area contributed by atoms with Crippen molar-refractivity contribution in [3.63, 3.8) is 0 Å². The van der Waals surface area contributed by atoms with Crippen molar-refractivity contribution in [2.24, 2.45) is 10.4 Å². The van der Waals surface area contributed by atoms with Gasteiger partial charge in [0, 0.05) is 32.1 Å². The third-order valence-corrected chi connectivity index (χ3v) is 7.54. The van der Waals surface area contributed by atoms with E-state index in [1.807, 2.05) is 4.90 Å². The number of rotatable bonds is 5. The summed E-state index contributed by atoms with van der Waals surface area (Å²) in [7, 11) is -1.35. The Morgan fingerprint density at radius 3 is 2.30 bits per heavy atom. The van der Waals surface area contributed by atoms with E-state index in [9.17, 15) is 13.5 Å². The van der Waals surface area contributed by atoms with Crippen molar-refractivity contribution in [3.05, 3.63) is 0 Å². The van der Waals surface area contributed by atoms with Gasteiger partial charge in [0.05, 0.1) is 17.1 Å². The van der Waals surface area contributed by atoms with Crippen LogP contribution in [-0.2, 0) is 9.84 Å². The molecule has 1 aliphatic rings. The first kappa shape index (κ1) is 22.9. The SMILES string of the molecule is CCC(CC)(CO)CNC(=NC)N1CCS(=O)(=O)C(C)(C)C1.I. The lowest BCUT2D eigenvalue weighted by Gasteiger charge is -2.40. The molecule has 1 aliphatic heterocycles. The normalized spacial score (nSPS) is 20.8. The smallest absolute Gasteiger partial charge is 0.193 e. The summed E-state index contributed by atoms with van der Waals surface area (Å²) in [6, 6.07) is 0. The molecule has 0 aromatic heterocycles. The second-order valence-corrected chi connectivity index (χ2v) is 9.51. The zero-order chi connectivity index (χ0) is 17.0. The van der Waals surface area contributed by atoms with Gasteiger partial charge in [0.1, 0.15) is 0 Å². The predicted molar refractivity (Wildman–Crippen MR) is 106 cm³/mol. The summed E-state index contributed by atoms with van der Waals surface area (Å²) in [5, 5.41) is 13.0. The highest BCUT2D eigenvalue weighted by molar-refractivity contribution is 14.0. The molecule has 0 unspecified atom stereocenters. The lowest BCUT2D eigenvalue weighted by Crippen LogP contribution is -2.58. The molecular formula is C15H32IN3O3S. The first-order valence-corrected chi connectivity index (χ1v) is 9.61. The van der Waals surface area contributed by atoms with Gasteiger partial charge >= 0.3 is 0 Å². The molecule has 0 aromatic rings. The second-order valence-electron chi connectivity index (χ2n) is 6.77. The van der Waals surface area contributed by atoms with E-state index in [1.165, 1.54) is 0 Å². The quantitative estimate of drug-likeness (QED) is 0.369. The molecule has 6 nitrogen and oxygen atoms in total. The standard InChI is InChI=1S/C15H31N3O3S.HI/c1-6-15(7-2,12-19)10-17-13(16-5)18-8-9-22(20,21)14(3,4)11-18;/h19H,6-12H2,1-5H3,(H,16,17);1H. The van der Waals surface area contributed by atoms with Crippen molar-refractivity contribution in [2.45, 2.75) is 45.3 Å². The molecule has 0 spiro atoms. The number of hydrogen-bond donors (Lipinski definition) is 2. The number of sulfone groups is 1. The van der Waals surface area contributed by atoms with Gasteiger partial charge < -0.3 is 15.3 Å². The molecule has 23 heavy (non-hydrogen) atoms. The highest BCUT2D eigenvalue weighted by atomic mass is 127. The molecule has 1 saturated heterocycles. The van der Waals surface area contributed by atoms with Gasteiger partial charge in [-0.1, -0.05) is 13.8 Å². The van der Waals surface area contributed by atoms with Gasteiger partial charge in [-0.3, -0.25) is 4.99 Å². The van der Waals surface area contributed by atoms with Crippen molar-refractivity contribution >= 4 is 39.8 Å². The minimum atomic E-state index is -3.06. The summed E-state index contributed by atoms with van der Waals surface area (Å²) >= 11 is 0. The monoisotopic (exact) mass is 461 g/mol. The zero-order valence-electron chi connectivity index (χ0n) is 14.9. The van der Waals surface area contributed by atoms with Crippen molar-refractivity contribution in [2.75, 3.05) is 39.0 Å². The van der Waals surface area contributed by atoms with Gasteiger partial charge in [-0.25, -0.2) is 8.42 Å². The summed E-state index contributed by atoms with van der Waals surface area (Å²) in [6.07, 6.45) is 1.76. The average molecular weight is 461 g/mol. The van der Waals surface area contributed by atoms with Gasteiger partial charge in [-0.05, 0) is 26.7 Å². The highest BCUT2D eigenvalue weighted by Crippen LogP contribution is 2.26. The molecular weight excluding hydrogens is 429 g/mol. The molecule has 1 rings (SSSR count). The molecule has 0 bridgehead atoms. The fraction of sp³-hybridized carbons (Fsp3) is 0.933. The molecule has 8 heteroatoms. The number of hydrogen-bond acceptors (Lipinski definition) is 4. The van der Waals surface area contributed by atoms with Gasteiger partial charge in [0.25, 0.3) is 0 Å². The summed E-state index contributed by atoms with van der Waals surface area (Å²) in [4.78, 5) is 6.28. The number of guanidine groups is 1. The average Bonchev–Trinajstić information content (AvgIpc) is 2.48. The van der Waals surface area contributed by atoms with Crippen LogP contribution in [0.2, 0.25) is 0 Å². The van der Waals surface area contributed by atoms with E-state index in [4.69, 9.17) is 0 Å². The van der Waals surface area contributed by atoms with Crippen molar-refractivity contribution in [3.8, 4) is 0 Å². The molecule has 0 aromatic carbocycles. The van der Waals surface area contributed by atoms with Gasteiger partial charge in [-0.15, -0.1) is 24.0 Å². The Bertz CT molecular complexity index is 494. The Morgan fingerprint density at radius 1 is 1.35 bits per heavy atom. The van der Waals surface area contributed by atoms with Crippen LogP contribution in [-0.4, -0.2) is 68.2 Å². The Balaban J connectivity index is 0.00000484. The summed E-state index contributed by atoms with van der Waals surface area (Å²) in [5.74, 6) is 0.857. The minimum absolute atomic E-state index is 0. The van der Waals surface area contributed by atoms with E-state index < -0.39 is 14.6 Å². The number of nitrogens with one attached hydrogen (secondary N) is 1. The Morgan fingerprint density at radius 2 is 1.91 bits per heavy atom. The molecule has 1 heterocycles. The Kier molecular flexibility index (Phi) is 8.81. The van der Waals surface area contributed by atoms with Crippen LogP contribution in [0.15, 0.2) is 4.99 Å². The Labute approximate surface area is 158 Å². The molecule has 0 aliphatic carbocycles. The summed E-state index contributed by atoms with van der Waals surface area (Å²) in [6.45, 7) is 9.31. The number of aliphatic hydroxyl groups is 1. The van der Waals surface area contributed by atoms with Crippen LogP contribution >= 0.6 is 24.0 Å². The van der Waals surface area contributed by atoms with Crippen molar-refractivity contribution < 1.29 is 13.5 Å². The molecule has 2 N–H and O–H groups in total. The van der Waals surface area contributed by atoms with Crippen LogP contribution in [0.3, 0.4) is 0 Å². The fourth-order valence-electron chi connectivity index (χ4n) is 2.70. The molecule has 0 amide bonds. The van der Waals surface area contributed by atoms with Crippen molar-refractivity contribution in [1.29, 1.82) is 0 Å². The maximum absolute atomic E-state index is 12.1. The first-order valence-electron chi connectivity index (χ1n) is 7.95. The fourth-order valence-corrected chi connectivity index (χ4v) is 4.07. The second kappa shape index (κ2) is 8.84. The minimum Gasteiger partial charge on any atom is -0.396 e. The number of aliphatic hydroxyl groups excluding tert-OH is 1. The van der Waals surface area contributed by atoms with Crippen LogP contribution < -0.4 is 5.32 Å². The van der Waals surface area contributed by atoms with E-state index in [-0.39, 0.29) is 41.8 Å². The lowest BCUT2D eigenvalue weighted by atomic mass is 9.83. The van der Waals surface area contributed by atoms with E-state index >= 15 is 0 Å². The van der Waals surface area contributed by atoms with Gasteiger partial charge in [0.2, 0.25) is 0 Å². The molecule has 0 atom stereocenters. The maximum Gasteiger partial charge on any atom is 0.193 e. The summed E-state index contributed by atoms with van der Waals surface area (Å²) in [5.41, 5.74) is -0.159. The number of aliphatic imine (C=N–C) groups is 1. The zero-order valence-corrected chi connectivity index (χ0v) is 18.1. The topological polar surface area (TPSA) is 82.0 Å². The number of nitrogens with zero attached hydrogens (tertiary/aromatic N) is 2. The third-order valence-electron chi connectivity index (χ3n) is 5.01. The third kappa shape index (κ3) is 5.19. The predicted octanol–water partition coefficient (Wildman–Crippen LogP) is 1.49. The van der Waals surface area contributed by atoms with Crippen molar-refractivity contribution in [1.82, 2.24) is 10.2 Å².